The molecule has 4 aromatic rings. The van der Waals surface area contributed by atoms with Crippen LogP contribution in [-0.4, -0.2) is 30.9 Å². The van der Waals surface area contributed by atoms with E-state index in [9.17, 15) is 14.3 Å². The second kappa shape index (κ2) is 6.66. The van der Waals surface area contributed by atoms with Crippen molar-refractivity contribution in [2.45, 2.75) is 39.2 Å². The number of anilines is 1. The number of nitrogens with zero attached hydrogens (tertiary/aromatic N) is 2. The summed E-state index contributed by atoms with van der Waals surface area (Å²) < 4.78 is 14.1. The Hall–Kier alpha value is -3.26. The molecule has 150 valence electrons. The van der Waals surface area contributed by atoms with E-state index in [1.54, 1.807) is 19.9 Å². The molecule has 4 rings (SSSR count). The number of halogens is 1. The van der Waals surface area contributed by atoms with E-state index in [-0.39, 0.29) is 11.2 Å². The van der Waals surface area contributed by atoms with Gasteiger partial charge in [0.15, 0.2) is 0 Å². The Bertz CT molecular complexity index is 1300. The molecular formula is C21H22FN5O2. The van der Waals surface area contributed by atoms with Crippen LogP contribution in [0.3, 0.4) is 0 Å². The van der Waals surface area contributed by atoms with E-state index in [1.165, 1.54) is 12.3 Å². The smallest absolute Gasteiger partial charge is 0.272 e. The fourth-order valence-corrected chi connectivity index (χ4v) is 3.54. The Morgan fingerprint density at radius 1 is 1.31 bits per heavy atom. The number of aliphatic hydroxyl groups is 1. The van der Waals surface area contributed by atoms with Crippen LogP contribution in [0, 0.1) is 12.7 Å². The number of hydrogen-bond acceptors (Lipinski definition) is 5. The van der Waals surface area contributed by atoms with Gasteiger partial charge in [-0.1, -0.05) is 6.07 Å². The minimum absolute atomic E-state index is 0.0106. The van der Waals surface area contributed by atoms with Crippen molar-refractivity contribution in [2.75, 3.05) is 5.73 Å². The number of fused-ring (bicyclic) bond motifs is 2. The Balaban J connectivity index is 2.01. The SMILES string of the molecule is Cc1cc2[nH]c(=O)c(N)c(-c3ccc(F)c4[nH]ncc34)c2nc1CCC(C)(C)O. The molecule has 0 spiro atoms. The maximum Gasteiger partial charge on any atom is 0.272 e. The topological polar surface area (TPSA) is 121 Å². The van der Waals surface area contributed by atoms with Gasteiger partial charge in [0.05, 0.1) is 22.8 Å². The molecule has 0 aliphatic rings. The van der Waals surface area contributed by atoms with Crippen molar-refractivity contribution < 1.29 is 9.50 Å². The number of aromatic amines is 2. The lowest BCUT2D eigenvalue weighted by Crippen LogP contribution is -2.20. The summed E-state index contributed by atoms with van der Waals surface area (Å²) in [6.07, 6.45) is 2.60. The van der Waals surface area contributed by atoms with Gasteiger partial charge in [-0.05, 0) is 56.9 Å². The molecule has 3 heterocycles. The number of aryl methyl sites for hydroxylation is 2. The van der Waals surface area contributed by atoms with Crippen LogP contribution in [0.4, 0.5) is 10.1 Å². The van der Waals surface area contributed by atoms with Crippen LogP contribution in [0.1, 0.15) is 31.5 Å². The maximum absolute atomic E-state index is 14.1. The van der Waals surface area contributed by atoms with Crippen molar-refractivity contribution >= 4 is 27.6 Å². The quantitative estimate of drug-likeness (QED) is 0.423. The summed E-state index contributed by atoms with van der Waals surface area (Å²) >= 11 is 0. The summed E-state index contributed by atoms with van der Waals surface area (Å²) in [7, 11) is 0. The van der Waals surface area contributed by atoms with Crippen LogP contribution >= 0.6 is 0 Å². The summed E-state index contributed by atoms with van der Waals surface area (Å²) in [5.74, 6) is -0.441. The lowest BCUT2D eigenvalue weighted by Gasteiger charge is -2.18. The zero-order valence-electron chi connectivity index (χ0n) is 16.4. The molecule has 0 atom stereocenters. The molecule has 8 heteroatoms. The summed E-state index contributed by atoms with van der Waals surface area (Å²) in [5.41, 5.74) is 8.95. The fourth-order valence-electron chi connectivity index (χ4n) is 3.54. The monoisotopic (exact) mass is 395 g/mol. The molecule has 0 saturated carbocycles. The first-order valence-corrected chi connectivity index (χ1v) is 9.32. The van der Waals surface area contributed by atoms with Gasteiger partial charge in [0.1, 0.15) is 17.0 Å². The zero-order valence-corrected chi connectivity index (χ0v) is 16.4. The van der Waals surface area contributed by atoms with Crippen molar-refractivity contribution in [3.05, 3.63) is 51.8 Å². The fraction of sp³-hybridized carbons (Fsp3) is 0.286. The van der Waals surface area contributed by atoms with Gasteiger partial charge < -0.3 is 15.8 Å². The van der Waals surface area contributed by atoms with Crippen molar-refractivity contribution in [3.8, 4) is 11.1 Å². The van der Waals surface area contributed by atoms with Gasteiger partial charge >= 0.3 is 0 Å². The molecule has 0 aliphatic carbocycles. The molecule has 3 aromatic heterocycles. The predicted molar refractivity (Wildman–Crippen MR) is 111 cm³/mol. The molecule has 1 aromatic carbocycles. The average molecular weight is 395 g/mol. The maximum atomic E-state index is 14.1. The number of nitrogen functional groups attached to an aromatic ring is 1. The first kappa shape index (κ1) is 19.1. The average Bonchev–Trinajstić information content (AvgIpc) is 3.13. The van der Waals surface area contributed by atoms with Gasteiger partial charge in [-0.15, -0.1) is 0 Å². The molecule has 0 saturated heterocycles. The third kappa shape index (κ3) is 3.36. The largest absolute Gasteiger partial charge is 0.394 e. The lowest BCUT2D eigenvalue weighted by atomic mass is 9.96. The van der Waals surface area contributed by atoms with Crippen molar-refractivity contribution in [2.24, 2.45) is 0 Å². The van der Waals surface area contributed by atoms with Crippen LogP contribution in [0.2, 0.25) is 0 Å². The number of pyridine rings is 2. The highest BCUT2D eigenvalue weighted by molar-refractivity contribution is 6.06. The summed E-state index contributed by atoms with van der Waals surface area (Å²) in [6.45, 7) is 5.41. The van der Waals surface area contributed by atoms with E-state index in [4.69, 9.17) is 10.7 Å². The molecule has 0 amide bonds. The summed E-state index contributed by atoms with van der Waals surface area (Å²) in [5, 5.41) is 17.2. The molecule has 0 aliphatic heterocycles. The Kier molecular flexibility index (Phi) is 4.38. The van der Waals surface area contributed by atoms with Crippen LogP contribution in [0.5, 0.6) is 0 Å². The number of hydrogen-bond donors (Lipinski definition) is 4. The van der Waals surface area contributed by atoms with Crippen LogP contribution in [0.25, 0.3) is 33.1 Å². The summed E-state index contributed by atoms with van der Waals surface area (Å²) in [6, 6.07) is 4.74. The molecule has 0 unspecified atom stereocenters. The molecule has 0 radical (unpaired) electrons. The third-order valence-corrected chi connectivity index (χ3v) is 5.12. The number of rotatable bonds is 4. The predicted octanol–water partition coefficient (Wildman–Crippen LogP) is 3.20. The number of nitrogens with one attached hydrogen (secondary N) is 2. The van der Waals surface area contributed by atoms with Gasteiger partial charge in [-0.2, -0.15) is 5.10 Å². The molecule has 0 fully saturated rings. The Morgan fingerprint density at radius 2 is 2.07 bits per heavy atom. The van der Waals surface area contributed by atoms with E-state index in [1.807, 2.05) is 13.0 Å². The second-order valence-corrected chi connectivity index (χ2v) is 7.96. The first-order valence-electron chi connectivity index (χ1n) is 9.32. The van der Waals surface area contributed by atoms with Crippen LogP contribution < -0.4 is 11.3 Å². The van der Waals surface area contributed by atoms with Crippen molar-refractivity contribution in [1.29, 1.82) is 0 Å². The van der Waals surface area contributed by atoms with Crippen molar-refractivity contribution in [3.63, 3.8) is 0 Å². The number of aromatic nitrogens is 4. The van der Waals surface area contributed by atoms with E-state index in [0.29, 0.717) is 40.4 Å². The molecular weight excluding hydrogens is 373 g/mol. The van der Waals surface area contributed by atoms with Gasteiger partial charge in [-0.3, -0.25) is 14.9 Å². The molecule has 0 bridgehead atoms. The van der Waals surface area contributed by atoms with E-state index >= 15 is 0 Å². The standard InChI is InChI=1S/C21H22FN5O2/c1-10-8-15-19(25-14(10)6-7-21(2,3)29)16(17(23)20(28)26-15)11-4-5-13(22)18-12(11)9-24-27-18/h4-5,8-9,29H,6-7,23H2,1-3H3,(H,24,27)(H,26,28). The van der Waals surface area contributed by atoms with Gasteiger partial charge in [0.25, 0.3) is 5.56 Å². The second-order valence-electron chi connectivity index (χ2n) is 7.96. The van der Waals surface area contributed by atoms with Crippen LogP contribution in [0.15, 0.2) is 29.2 Å². The summed E-state index contributed by atoms with van der Waals surface area (Å²) in [4.78, 5) is 20.0. The molecule has 5 N–H and O–H groups in total. The highest BCUT2D eigenvalue weighted by Crippen LogP contribution is 2.36. The lowest BCUT2D eigenvalue weighted by molar-refractivity contribution is 0.0711. The van der Waals surface area contributed by atoms with E-state index in [0.717, 1.165) is 11.3 Å². The van der Waals surface area contributed by atoms with Crippen LogP contribution in [-0.2, 0) is 6.42 Å². The molecule has 7 nitrogen and oxygen atoms in total. The van der Waals surface area contributed by atoms with Gasteiger partial charge in [0, 0.05) is 16.6 Å². The normalized spacial score (nSPS) is 12.2. The van der Waals surface area contributed by atoms with E-state index < -0.39 is 17.0 Å². The minimum atomic E-state index is -0.824. The minimum Gasteiger partial charge on any atom is -0.394 e. The van der Waals surface area contributed by atoms with Gasteiger partial charge in [-0.25, -0.2) is 4.39 Å². The number of benzene rings is 1. The highest BCUT2D eigenvalue weighted by Gasteiger charge is 2.20. The Morgan fingerprint density at radius 3 is 2.79 bits per heavy atom. The first-order chi connectivity index (χ1) is 13.7. The van der Waals surface area contributed by atoms with Crippen molar-refractivity contribution in [1.82, 2.24) is 20.2 Å². The zero-order chi connectivity index (χ0) is 20.9. The highest BCUT2D eigenvalue weighted by atomic mass is 19.1. The molecule has 29 heavy (non-hydrogen) atoms. The number of nitrogens with two attached hydrogens (primary N) is 1. The van der Waals surface area contributed by atoms with E-state index in [2.05, 4.69) is 15.2 Å². The Labute approximate surface area is 165 Å². The van der Waals surface area contributed by atoms with Gasteiger partial charge in [0.2, 0.25) is 0 Å². The third-order valence-electron chi connectivity index (χ3n) is 5.12. The number of H-pyrrole nitrogens is 2.